The second-order valence-electron chi connectivity index (χ2n) is 5.79. The molecule has 0 bridgehead atoms. The standard InChI is InChI=1S/C16H22ClN3O.ClH/c17-14-3-5-15(6-4-14)19-11-8-18(9-12-19)10-13-20-7-1-2-16(20)21;/h3-6H,1-2,7-13H2;1H. The maximum Gasteiger partial charge on any atom is 0.222 e. The Labute approximate surface area is 143 Å². The molecule has 1 amide bonds. The Morgan fingerprint density at radius 2 is 1.64 bits per heavy atom. The molecule has 22 heavy (non-hydrogen) atoms. The molecule has 2 aliphatic heterocycles. The first-order valence-corrected chi connectivity index (χ1v) is 8.11. The van der Waals surface area contributed by atoms with Gasteiger partial charge in [-0.2, -0.15) is 0 Å². The molecule has 0 aliphatic carbocycles. The van der Waals surface area contributed by atoms with Crippen LogP contribution in [0, 0.1) is 0 Å². The van der Waals surface area contributed by atoms with Gasteiger partial charge in [0.05, 0.1) is 0 Å². The second kappa shape index (κ2) is 8.04. The molecule has 3 rings (SSSR count). The SMILES string of the molecule is Cl.O=C1CCCN1CCN1CCN(c2ccc(Cl)cc2)CC1. The molecule has 6 heteroatoms. The highest BCUT2D eigenvalue weighted by Crippen LogP contribution is 2.19. The number of anilines is 1. The quantitative estimate of drug-likeness (QED) is 0.840. The summed E-state index contributed by atoms with van der Waals surface area (Å²) in [5.41, 5.74) is 1.24. The lowest BCUT2D eigenvalue weighted by atomic mass is 10.2. The predicted octanol–water partition coefficient (Wildman–Crippen LogP) is 2.51. The summed E-state index contributed by atoms with van der Waals surface area (Å²) >= 11 is 5.93. The predicted molar refractivity (Wildman–Crippen MR) is 93.2 cm³/mol. The minimum Gasteiger partial charge on any atom is -0.369 e. The summed E-state index contributed by atoms with van der Waals surface area (Å²) in [4.78, 5) is 18.5. The molecular weight excluding hydrogens is 321 g/mol. The van der Waals surface area contributed by atoms with Crippen molar-refractivity contribution in [3.8, 4) is 0 Å². The Hall–Kier alpha value is -0.970. The number of rotatable bonds is 4. The van der Waals surface area contributed by atoms with Gasteiger partial charge in [-0.05, 0) is 30.7 Å². The molecule has 122 valence electrons. The largest absolute Gasteiger partial charge is 0.369 e. The third-order valence-corrected chi connectivity index (χ3v) is 4.67. The van der Waals surface area contributed by atoms with Gasteiger partial charge in [0.15, 0.2) is 0 Å². The molecule has 0 atom stereocenters. The number of carbonyl (C=O) groups is 1. The lowest BCUT2D eigenvalue weighted by Crippen LogP contribution is -2.48. The zero-order valence-electron chi connectivity index (χ0n) is 12.7. The molecule has 2 fully saturated rings. The number of hydrogen-bond acceptors (Lipinski definition) is 3. The number of hydrogen-bond donors (Lipinski definition) is 0. The summed E-state index contributed by atoms with van der Waals surface area (Å²) < 4.78 is 0. The molecule has 4 nitrogen and oxygen atoms in total. The molecule has 0 saturated carbocycles. The number of benzene rings is 1. The van der Waals surface area contributed by atoms with Crippen LogP contribution in [0.5, 0.6) is 0 Å². The normalized spacial score (nSPS) is 19.4. The monoisotopic (exact) mass is 343 g/mol. The van der Waals surface area contributed by atoms with Crippen LogP contribution in [0.4, 0.5) is 5.69 Å². The molecule has 0 radical (unpaired) electrons. The van der Waals surface area contributed by atoms with Gasteiger partial charge in [-0.1, -0.05) is 11.6 Å². The van der Waals surface area contributed by atoms with Crippen molar-refractivity contribution < 1.29 is 4.79 Å². The minimum absolute atomic E-state index is 0. The van der Waals surface area contributed by atoms with Gasteiger partial charge in [-0.25, -0.2) is 0 Å². The van der Waals surface area contributed by atoms with Crippen LogP contribution in [0.3, 0.4) is 0 Å². The molecule has 0 spiro atoms. The van der Waals surface area contributed by atoms with E-state index in [0.29, 0.717) is 5.91 Å². The molecule has 2 heterocycles. The average molecular weight is 344 g/mol. The van der Waals surface area contributed by atoms with E-state index in [1.165, 1.54) is 5.69 Å². The van der Waals surface area contributed by atoms with Crippen molar-refractivity contribution in [2.45, 2.75) is 12.8 Å². The van der Waals surface area contributed by atoms with E-state index in [0.717, 1.165) is 63.7 Å². The number of likely N-dealkylation sites (tertiary alicyclic amines) is 1. The van der Waals surface area contributed by atoms with Crippen molar-refractivity contribution in [2.24, 2.45) is 0 Å². The second-order valence-corrected chi connectivity index (χ2v) is 6.23. The Bertz CT molecular complexity index is 487. The minimum atomic E-state index is 0. The maximum atomic E-state index is 11.6. The molecule has 2 aliphatic rings. The van der Waals surface area contributed by atoms with Crippen LogP contribution in [0.2, 0.25) is 5.02 Å². The van der Waals surface area contributed by atoms with Crippen molar-refractivity contribution in [3.63, 3.8) is 0 Å². The third-order valence-electron chi connectivity index (χ3n) is 4.42. The third kappa shape index (κ3) is 4.28. The van der Waals surface area contributed by atoms with E-state index in [1.807, 2.05) is 17.0 Å². The Balaban J connectivity index is 0.00000176. The van der Waals surface area contributed by atoms with Crippen LogP contribution in [-0.4, -0.2) is 61.5 Å². The van der Waals surface area contributed by atoms with Gasteiger partial charge in [0.1, 0.15) is 0 Å². The van der Waals surface area contributed by atoms with Gasteiger partial charge < -0.3 is 9.80 Å². The zero-order valence-corrected chi connectivity index (χ0v) is 14.3. The van der Waals surface area contributed by atoms with E-state index < -0.39 is 0 Å². The van der Waals surface area contributed by atoms with Crippen LogP contribution in [0.15, 0.2) is 24.3 Å². The van der Waals surface area contributed by atoms with E-state index in [1.54, 1.807) is 0 Å². The fraction of sp³-hybridized carbons (Fsp3) is 0.562. The number of amides is 1. The summed E-state index contributed by atoms with van der Waals surface area (Å²) in [5.74, 6) is 0.329. The van der Waals surface area contributed by atoms with Gasteiger partial charge in [0, 0.05) is 62.9 Å². The van der Waals surface area contributed by atoms with E-state index in [9.17, 15) is 4.79 Å². The number of halogens is 2. The zero-order chi connectivity index (χ0) is 14.7. The van der Waals surface area contributed by atoms with Crippen molar-refractivity contribution >= 4 is 35.6 Å². The van der Waals surface area contributed by atoms with Crippen molar-refractivity contribution in [3.05, 3.63) is 29.3 Å². The lowest BCUT2D eigenvalue weighted by molar-refractivity contribution is -0.127. The van der Waals surface area contributed by atoms with Crippen LogP contribution in [-0.2, 0) is 4.79 Å². The first-order chi connectivity index (χ1) is 10.2. The topological polar surface area (TPSA) is 26.8 Å². The van der Waals surface area contributed by atoms with E-state index in [-0.39, 0.29) is 12.4 Å². The summed E-state index contributed by atoms with van der Waals surface area (Å²) in [6.45, 7) is 7.03. The van der Waals surface area contributed by atoms with Crippen molar-refractivity contribution in [1.29, 1.82) is 0 Å². The molecule has 1 aromatic carbocycles. The van der Waals surface area contributed by atoms with Gasteiger partial charge in [-0.3, -0.25) is 9.69 Å². The fourth-order valence-electron chi connectivity index (χ4n) is 3.08. The number of carbonyl (C=O) groups excluding carboxylic acids is 1. The Kier molecular flexibility index (Phi) is 6.36. The summed E-state index contributed by atoms with van der Waals surface area (Å²) in [5, 5.41) is 0.785. The van der Waals surface area contributed by atoms with Gasteiger partial charge in [0.2, 0.25) is 5.91 Å². The highest BCUT2D eigenvalue weighted by Gasteiger charge is 2.22. The first-order valence-electron chi connectivity index (χ1n) is 7.73. The Morgan fingerprint density at radius 1 is 0.955 bits per heavy atom. The highest BCUT2D eigenvalue weighted by atomic mass is 35.5. The van der Waals surface area contributed by atoms with Crippen molar-refractivity contribution in [2.75, 3.05) is 50.7 Å². The van der Waals surface area contributed by atoms with E-state index >= 15 is 0 Å². The smallest absolute Gasteiger partial charge is 0.222 e. The number of nitrogens with zero attached hydrogens (tertiary/aromatic N) is 3. The summed E-state index contributed by atoms with van der Waals surface area (Å²) in [6.07, 6.45) is 1.77. The number of piperazine rings is 1. The lowest BCUT2D eigenvalue weighted by Gasteiger charge is -2.36. The Morgan fingerprint density at radius 3 is 2.23 bits per heavy atom. The molecule has 0 N–H and O–H groups in total. The van der Waals surface area contributed by atoms with Crippen molar-refractivity contribution in [1.82, 2.24) is 9.80 Å². The highest BCUT2D eigenvalue weighted by molar-refractivity contribution is 6.30. The van der Waals surface area contributed by atoms with Gasteiger partial charge >= 0.3 is 0 Å². The summed E-state index contributed by atoms with van der Waals surface area (Å²) in [7, 11) is 0. The fourth-order valence-corrected chi connectivity index (χ4v) is 3.21. The average Bonchev–Trinajstić information content (AvgIpc) is 2.92. The van der Waals surface area contributed by atoms with Crippen LogP contribution in [0.25, 0.3) is 0 Å². The first kappa shape index (κ1) is 17.4. The molecule has 1 aromatic rings. The molecule has 2 saturated heterocycles. The van der Waals surface area contributed by atoms with Crippen LogP contribution >= 0.6 is 24.0 Å². The van der Waals surface area contributed by atoms with Gasteiger partial charge in [0.25, 0.3) is 0 Å². The molecular formula is C16H23Cl2N3O. The van der Waals surface area contributed by atoms with Crippen LogP contribution < -0.4 is 4.90 Å². The van der Waals surface area contributed by atoms with E-state index in [4.69, 9.17) is 11.6 Å². The maximum absolute atomic E-state index is 11.6. The summed E-state index contributed by atoms with van der Waals surface area (Å²) in [6, 6.07) is 8.06. The molecule has 0 unspecified atom stereocenters. The van der Waals surface area contributed by atoms with Crippen LogP contribution in [0.1, 0.15) is 12.8 Å². The van der Waals surface area contributed by atoms with Gasteiger partial charge in [-0.15, -0.1) is 12.4 Å². The molecule has 0 aromatic heterocycles. The van der Waals surface area contributed by atoms with E-state index in [2.05, 4.69) is 21.9 Å².